The van der Waals surface area contributed by atoms with E-state index in [1.165, 1.54) is 17.7 Å². The summed E-state index contributed by atoms with van der Waals surface area (Å²) in [5, 5.41) is 11.9. The smallest absolute Gasteiger partial charge is 0.335 e. The van der Waals surface area contributed by atoms with Crippen LogP contribution in [0.15, 0.2) is 34.3 Å². The topological polar surface area (TPSA) is 75.4 Å². The molecule has 1 heterocycles. The fourth-order valence-corrected chi connectivity index (χ4v) is 1.48. The van der Waals surface area contributed by atoms with Crippen LogP contribution in [0.25, 0.3) is 11.1 Å². The van der Waals surface area contributed by atoms with E-state index in [1.54, 1.807) is 6.07 Å². The quantitative estimate of drug-likeness (QED) is 0.811. The van der Waals surface area contributed by atoms with Gasteiger partial charge in [-0.25, -0.2) is 4.79 Å². The van der Waals surface area contributed by atoms with Gasteiger partial charge in [0.2, 0.25) is 0 Å². The summed E-state index contributed by atoms with van der Waals surface area (Å²) < 4.78 is 5.43. The van der Waals surface area contributed by atoms with Crippen molar-refractivity contribution in [2.75, 3.05) is 11.9 Å². The normalized spacial score (nSPS) is 10.3. The van der Waals surface area contributed by atoms with E-state index in [1.807, 2.05) is 19.9 Å². The third-order valence-electron chi connectivity index (χ3n) is 2.40. The second-order valence-corrected chi connectivity index (χ2v) is 4.17. The number of hydrogen-bond acceptors (Lipinski definition) is 4. The molecule has 0 saturated carbocycles. The average molecular weight is 246 g/mol. The number of carboxylic acid groups (broad SMARTS) is 1. The number of anilines is 1. The first-order valence-corrected chi connectivity index (χ1v) is 5.57. The van der Waals surface area contributed by atoms with Crippen LogP contribution >= 0.6 is 0 Å². The zero-order valence-electron chi connectivity index (χ0n) is 10.2. The molecule has 2 N–H and O–H groups in total. The van der Waals surface area contributed by atoms with Gasteiger partial charge in [0.15, 0.2) is 5.58 Å². The van der Waals surface area contributed by atoms with Gasteiger partial charge in [0.05, 0.1) is 5.56 Å². The lowest BCUT2D eigenvalue weighted by Crippen LogP contribution is -1.98. The van der Waals surface area contributed by atoms with Gasteiger partial charge in [-0.05, 0) is 32.0 Å². The standard InChI is InChI=1S/C13H14N2O3/c1-8(2)5-6-14-13-15-10-4-3-9(12(16)17)7-11(10)18-13/h3-5,7H,6H2,1-2H3,(H,14,15)(H,16,17). The van der Waals surface area contributed by atoms with Crippen molar-refractivity contribution in [1.29, 1.82) is 0 Å². The monoisotopic (exact) mass is 246 g/mol. The summed E-state index contributed by atoms with van der Waals surface area (Å²) >= 11 is 0. The third-order valence-corrected chi connectivity index (χ3v) is 2.40. The molecule has 0 spiro atoms. The number of fused-ring (bicyclic) bond motifs is 1. The van der Waals surface area contributed by atoms with Gasteiger partial charge in [0.25, 0.3) is 6.01 Å². The van der Waals surface area contributed by atoms with E-state index in [0.717, 1.165) is 0 Å². The Bertz CT molecular complexity index is 610. The van der Waals surface area contributed by atoms with Crippen LogP contribution in [0.2, 0.25) is 0 Å². The molecule has 94 valence electrons. The maximum Gasteiger partial charge on any atom is 0.335 e. The average Bonchev–Trinajstić information content (AvgIpc) is 2.69. The maximum absolute atomic E-state index is 10.8. The largest absolute Gasteiger partial charge is 0.478 e. The van der Waals surface area contributed by atoms with Crippen LogP contribution in [-0.4, -0.2) is 22.6 Å². The van der Waals surface area contributed by atoms with Crippen LogP contribution in [0.1, 0.15) is 24.2 Å². The Kier molecular flexibility index (Phi) is 3.32. The van der Waals surface area contributed by atoms with Gasteiger partial charge >= 0.3 is 5.97 Å². The summed E-state index contributed by atoms with van der Waals surface area (Å²) in [5.41, 5.74) is 2.50. The number of nitrogens with zero attached hydrogens (tertiary/aromatic N) is 1. The molecule has 5 nitrogen and oxygen atoms in total. The molecule has 0 saturated heterocycles. The highest BCUT2D eigenvalue weighted by Gasteiger charge is 2.08. The molecule has 0 radical (unpaired) electrons. The van der Waals surface area contributed by atoms with E-state index in [9.17, 15) is 4.79 Å². The van der Waals surface area contributed by atoms with Gasteiger partial charge in [0, 0.05) is 6.54 Å². The highest BCUT2D eigenvalue weighted by atomic mass is 16.4. The molecule has 1 aromatic heterocycles. The van der Waals surface area contributed by atoms with Crippen LogP contribution in [0.5, 0.6) is 0 Å². The van der Waals surface area contributed by atoms with Crippen molar-refractivity contribution < 1.29 is 14.3 Å². The number of aromatic carboxylic acids is 1. The van der Waals surface area contributed by atoms with Crippen molar-refractivity contribution in [1.82, 2.24) is 4.98 Å². The summed E-state index contributed by atoms with van der Waals surface area (Å²) in [6.07, 6.45) is 2.01. The first-order chi connectivity index (χ1) is 8.56. The van der Waals surface area contributed by atoms with Crippen LogP contribution in [-0.2, 0) is 0 Å². The SMILES string of the molecule is CC(C)=CCNc1nc2ccc(C(=O)O)cc2o1. The number of nitrogens with one attached hydrogen (secondary N) is 1. The second-order valence-electron chi connectivity index (χ2n) is 4.17. The Balaban J connectivity index is 2.22. The van der Waals surface area contributed by atoms with E-state index >= 15 is 0 Å². The zero-order valence-corrected chi connectivity index (χ0v) is 10.2. The molecular formula is C13H14N2O3. The molecule has 0 unspecified atom stereocenters. The lowest BCUT2D eigenvalue weighted by Gasteiger charge is -1.95. The van der Waals surface area contributed by atoms with Crippen molar-refractivity contribution >= 4 is 23.1 Å². The molecule has 0 aliphatic carbocycles. The minimum Gasteiger partial charge on any atom is -0.478 e. The minimum atomic E-state index is -0.979. The molecule has 0 aliphatic heterocycles. The van der Waals surface area contributed by atoms with Crippen molar-refractivity contribution in [2.24, 2.45) is 0 Å². The minimum absolute atomic E-state index is 0.189. The molecular weight excluding hydrogens is 232 g/mol. The van der Waals surface area contributed by atoms with E-state index < -0.39 is 5.97 Å². The number of allylic oxidation sites excluding steroid dienone is 1. The number of hydrogen-bond donors (Lipinski definition) is 2. The highest BCUT2D eigenvalue weighted by Crippen LogP contribution is 2.20. The van der Waals surface area contributed by atoms with Crippen LogP contribution in [0, 0.1) is 0 Å². The Labute approximate surface area is 104 Å². The molecule has 2 aromatic rings. The van der Waals surface area contributed by atoms with Crippen LogP contribution < -0.4 is 5.32 Å². The first-order valence-electron chi connectivity index (χ1n) is 5.57. The molecule has 0 bridgehead atoms. The molecule has 2 rings (SSSR count). The van der Waals surface area contributed by atoms with Gasteiger partial charge in [-0.15, -0.1) is 0 Å². The zero-order chi connectivity index (χ0) is 13.1. The molecule has 0 atom stereocenters. The number of oxazole rings is 1. The van der Waals surface area contributed by atoms with Gasteiger partial charge in [-0.1, -0.05) is 11.6 Å². The molecule has 5 heteroatoms. The number of aromatic nitrogens is 1. The summed E-state index contributed by atoms with van der Waals surface area (Å²) in [7, 11) is 0. The Morgan fingerprint density at radius 2 is 2.28 bits per heavy atom. The fraction of sp³-hybridized carbons (Fsp3) is 0.231. The van der Waals surface area contributed by atoms with Gasteiger partial charge in [-0.3, -0.25) is 0 Å². The summed E-state index contributed by atoms with van der Waals surface area (Å²) in [6.45, 7) is 4.64. The number of benzene rings is 1. The Morgan fingerprint density at radius 1 is 1.50 bits per heavy atom. The van der Waals surface area contributed by atoms with Crippen molar-refractivity contribution in [2.45, 2.75) is 13.8 Å². The summed E-state index contributed by atoms with van der Waals surface area (Å²) in [5.74, 6) is -0.979. The van der Waals surface area contributed by atoms with E-state index in [4.69, 9.17) is 9.52 Å². The Hall–Kier alpha value is -2.30. The fourth-order valence-electron chi connectivity index (χ4n) is 1.48. The summed E-state index contributed by atoms with van der Waals surface area (Å²) in [6, 6.07) is 5.00. The van der Waals surface area contributed by atoms with Gasteiger partial charge in [-0.2, -0.15) is 4.98 Å². The van der Waals surface area contributed by atoms with E-state index in [0.29, 0.717) is 23.7 Å². The Morgan fingerprint density at radius 3 is 2.94 bits per heavy atom. The van der Waals surface area contributed by atoms with Crippen LogP contribution in [0.3, 0.4) is 0 Å². The van der Waals surface area contributed by atoms with Crippen LogP contribution in [0.4, 0.5) is 6.01 Å². The lowest BCUT2D eigenvalue weighted by molar-refractivity contribution is 0.0697. The van der Waals surface area contributed by atoms with E-state index in [2.05, 4.69) is 10.3 Å². The molecule has 0 amide bonds. The second kappa shape index (κ2) is 4.91. The molecule has 1 aromatic carbocycles. The predicted molar refractivity (Wildman–Crippen MR) is 68.9 cm³/mol. The molecule has 18 heavy (non-hydrogen) atoms. The van der Waals surface area contributed by atoms with Crippen molar-refractivity contribution in [3.63, 3.8) is 0 Å². The summed E-state index contributed by atoms with van der Waals surface area (Å²) in [4.78, 5) is 15.0. The van der Waals surface area contributed by atoms with Gasteiger partial charge in [0.1, 0.15) is 5.52 Å². The van der Waals surface area contributed by atoms with Crippen molar-refractivity contribution in [3.8, 4) is 0 Å². The maximum atomic E-state index is 10.8. The molecule has 0 aliphatic rings. The van der Waals surface area contributed by atoms with Crippen molar-refractivity contribution in [3.05, 3.63) is 35.4 Å². The number of carboxylic acids is 1. The lowest BCUT2D eigenvalue weighted by atomic mass is 10.2. The number of rotatable bonds is 4. The van der Waals surface area contributed by atoms with E-state index in [-0.39, 0.29) is 5.56 Å². The van der Waals surface area contributed by atoms with Gasteiger partial charge < -0.3 is 14.8 Å². The molecule has 0 fully saturated rings. The first kappa shape index (κ1) is 12.2. The highest BCUT2D eigenvalue weighted by molar-refractivity contribution is 5.92. The third kappa shape index (κ3) is 2.68. The predicted octanol–water partition coefficient (Wildman–Crippen LogP) is 2.90. The number of carbonyl (C=O) groups is 1.